The summed E-state index contributed by atoms with van der Waals surface area (Å²) in [5.41, 5.74) is 4.58. The number of likely N-dealkylation sites (tertiary alicyclic amines) is 1. The second-order valence-corrected chi connectivity index (χ2v) is 7.24. The number of para-hydroxylation sites is 1. The Morgan fingerprint density at radius 2 is 1.81 bits per heavy atom. The minimum absolute atomic E-state index is 0.352. The summed E-state index contributed by atoms with van der Waals surface area (Å²) in [6.45, 7) is 5.25. The summed E-state index contributed by atoms with van der Waals surface area (Å²) < 4.78 is 5.33. The molecule has 0 unspecified atom stereocenters. The molecule has 1 fully saturated rings. The number of nitrogens with one attached hydrogen (secondary N) is 1. The van der Waals surface area contributed by atoms with Gasteiger partial charge in [-0.3, -0.25) is 9.88 Å². The van der Waals surface area contributed by atoms with Gasteiger partial charge in [0.1, 0.15) is 5.75 Å². The Morgan fingerprint density at radius 1 is 1.07 bits per heavy atom. The number of aromatic nitrogens is 1. The molecule has 2 aromatic carbocycles. The highest BCUT2D eigenvalue weighted by Gasteiger charge is 2.23. The number of rotatable bonds is 6. The molecule has 1 aromatic heterocycles. The van der Waals surface area contributed by atoms with Crippen LogP contribution in [-0.2, 0) is 0 Å². The van der Waals surface area contributed by atoms with Crippen LogP contribution in [0, 0.1) is 6.92 Å². The average Bonchev–Trinajstić information content (AvgIpc) is 3.23. The van der Waals surface area contributed by atoms with Gasteiger partial charge < -0.3 is 10.1 Å². The zero-order valence-corrected chi connectivity index (χ0v) is 16.1. The van der Waals surface area contributed by atoms with E-state index >= 15 is 0 Å². The van der Waals surface area contributed by atoms with Gasteiger partial charge in [0, 0.05) is 23.3 Å². The van der Waals surface area contributed by atoms with E-state index in [0.717, 1.165) is 42.3 Å². The van der Waals surface area contributed by atoms with Crippen LogP contribution < -0.4 is 10.1 Å². The third-order valence-corrected chi connectivity index (χ3v) is 5.41. The van der Waals surface area contributed by atoms with E-state index in [1.807, 2.05) is 6.07 Å². The molecule has 2 heterocycles. The van der Waals surface area contributed by atoms with Crippen molar-refractivity contribution in [2.24, 2.45) is 0 Å². The van der Waals surface area contributed by atoms with Crippen molar-refractivity contribution in [1.82, 2.24) is 9.88 Å². The zero-order valence-electron chi connectivity index (χ0n) is 16.1. The molecule has 3 aromatic rings. The van der Waals surface area contributed by atoms with Crippen LogP contribution in [0.5, 0.6) is 5.75 Å². The van der Waals surface area contributed by atoms with E-state index in [1.54, 1.807) is 7.11 Å². The molecule has 0 saturated carbocycles. The SMILES string of the molecule is COc1ccc([C@H](CNc2cc(C)nc3ccccc23)N2CCCC2)cc1. The summed E-state index contributed by atoms with van der Waals surface area (Å²) in [7, 11) is 1.71. The first-order chi connectivity index (χ1) is 13.2. The maximum Gasteiger partial charge on any atom is 0.118 e. The Bertz CT molecular complexity index is 901. The molecule has 1 aliphatic heterocycles. The molecule has 0 aliphatic carbocycles. The van der Waals surface area contributed by atoms with Crippen LogP contribution in [0.25, 0.3) is 10.9 Å². The van der Waals surface area contributed by atoms with Crippen LogP contribution >= 0.6 is 0 Å². The predicted octanol–water partition coefficient (Wildman–Crippen LogP) is 4.80. The minimum Gasteiger partial charge on any atom is -0.497 e. The third kappa shape index (κ3) is 3.91. The maximum absolute atomic E-state index is 5.33. The number of benzene rings is 2. The summed E-state index contributed by atoms with van der Waals surface area (Å²) in [5.74, 6) is 0.905. The molecule has 1 aliphatic rings. The Hall–Kier alpha value is -2.59. The number of fused-ring (bicyclic) bond motifs is 1. The molecule has 0 spiro atoms. The van der Waals surface area contributed by atoms with Gasteiger partial charge in [-0.2, -0.15) is 0 Å². The van der Waals surface area contributed by atoms with Crippen LogP contribution in [0.1, 0.15) is 30.1 Å². The van der Waals surface area contributed by atoms with Crippen molar-refractivity contribution in [3.05, 3.63) is 65.9 Å². The van der Waals surface area contributed by atoms with Crippen LogP contribution in [-0.4, -0.2) is 36.6 Å². The summed E-state index contributed by atoms with van der Waals surface area (Å²) in [6, 6.07) is 19.3. The fraction of sp³-hybridized carbons (Fsp3) is 0.348. The van der Waals surface area contributed by atoms with Gasteiger partial charge in [-0.05, 0) is 62.7 Å². The van der Waals surface area contributed by atoms with Crippen molar-refractivity contribution in [2.45, 2.75) is 25.8 Å². The molecular formula is C23H27N3O. The predicted molar refractivity (Wildman–Crippen MR) is 112 cm³/mol. The summed E-state index contributed by atoms with van der Waals surface area (Å²) in [5, 5.41) is 4.90. The van der Waals surface area contributed by atoms with Crippen molar-refractivity contribution >= 4 is 16.6 Å². The Kier molecular flexibility index (Phi) is 5.26. The molecule has 0 bridgehead atoms. The summed E-state index contributed by atoms with van der Waals surface area (Å²) in [4.78, 5) is 7.24. The maximum atomic E-state index is 5.33. The van der Waals surface area contributed by atoms with E-state index < -0.39 is 0 Å². The summed E-state index contributed by atoms with van der Waals surface area (Å²) >= 11 is 0. The lowest BCUT2D eigenvalue weighted by Gasteiger charge is -2.29. The van der Waals surface area contributed by atoms with E-state index in [2.05, 4.69) is 70.7 Å². The topological polar surface area (TPSA) is 37.4 Å². The number of pyridine rings is 1. The largest absolute Gasteiger partial charge is 0.497 e. The van der Waals surface area contributed by atoms with Crippen LogP contribution in [0.3, 0.4) is 0 Å². The van der Waals surface area contributed by atoms with Gasteiger partial charge >= 0.3 is 0 Å². The Balaban J connectivity index is 1.60. The fourth-order valence-electron chi connectivity index (χ4n) is 4.00. The first-order valence-electron chi connectivity index (χ1n) is 9.73. The fourth-order valence-corrected chi connectivity index (χ4v) is 4.00. The van der Waals surface area contributed by atoms with Crippen molar-refractivity contribution in [3.63, 3.8) is 0 Å². The van der Waals surface area contributed by atoms with E-state index in [-0.39, 0.29) is 0 Å². The molecule has 1 N–H and O–H groups in total. The highest BCUT2D eigenvalue weighted by molar-refractivity contribution is 5.91. The van der Waals surface area contributed by atoms with Gasteiger partial charge in [0.25, 0.3) is 0 Å². The lowest BCUT2D eigenvalue weighted by molar-refractivity contribution is 0.256. The highest BCUT2D eigenvalue weighted by Crippen LogP contribution is 2.29. The molecule has 4 heteroatoms. The van der Waals surface area contributed by atoms with E-state index in [0.29, 0.717) is 6.04 Å². The van der Waals surface area contributed by atoms with E-state index in [1.165, 1.54) is 23.8 Å². The van der Waals surface area contributed by atoms with Gasteiger partial charge in [0.15, 0.2) is 0 Å². The van der Waals surface area contributed by atoms with Gasteiger partial charge in [-0.1, -0.05) is 30.3 Å². The smallest absolute Gasteiger partial charge is 0.118 e. The Morgan fingerprint density at radius 3 is 2.56 bits per heavy atom. The van der Waals surface area contributed by atoms with Crippen molar-refractivity contribution in [2.75, 3.05) is 32.1 Å². The first-order valence-corrected chi connectivity index (χ1v) is 9.73. The quantitative estimate of drug-likeness (QED) is 0.684. The molecule has 0 radical (unpaired) electrons. The van der Waals surface area contributed by atoms with Crippen molar-refractivity contribution in [3.8, 4) is 5.75 Å². The lowest BCUT2D eigenvalue weighted by atomic mass is 10.0. The van der Waals surface area contributed by atoms with Gasteiger partial charge in [-0.25, -0.2) is 0 Å². The summed E-state index contributed by atoms with van der Waals surface area (Å²) in [6.07, 6.45) is 2.56. The molecule has 140 valence electrons. The Labute approximate surface area is 161 Å². The molecule has 4 rings (SSSR count). The number of anilines is 1. The van der Waals surface area contributed by atoms with Gasteiger partial charge in [0.05, 0.1) is 18.7 Å². The molecular weight excluding hydrogens is 334 g/mol. The standard InChI is InChI=1S/C23H27N3O/c1-17-15-22(20-7-3-4-8-21(20)25-17)24-16-23(26-13-5-6-14-26)18-9-11-19(27-2)12-10-18/h3-4,7-12,15,23H,5-6,13-14,16H2,1-2H3,(H,24,25)/t23-/m0/s1. The number of nitrogens with zero attached hydrogens (tertiary/aromatic N) is 2. The van der Waals surface area contributed by atoms with Crippen molar-refractivity contribution < 1.29 is 4.74 Å². The second-order valence-electron chi connectivity index (χ2n) is 7.24. The van der Waals surface area contributed by atoms with E-state index in [9.17, 15) is 0 Å². The lowest BCUT2D eigenvalue weighted by Crippen LogP contribution is -2.31. The average molecular weight is 361 g/mol. The molecule has 27 heavy (non-hydrogen) atoms. The number of methoxy groups -OCH3 is 1. The number of ether oxygens (including phenoxy) is 1. The van der Waals surface area contributed by atoms with Crippen LogP contribution in [0.15, 0.2) is 54.6 Å². The van der Waals surface area contributed by atoms with Crippen LogP contribution in [0.4, 0.5) is 5.69 Å². The molecule has 0 amide bonds. The van der Waals surface area contributed by atoms with Gasteiger partial charge in [0.2, 0.25) is 0 Å². The normalized spacial score (nSPS) is 15.8. The van der Waals surface area contributed by atoms with Gasteiger partial charge in [-0.15, -0.1) is 0 Å². The monoisotopic (exact) mass is 361 g/mol. The number of hydrogen-bond acceptors (Lipinski definition) is 4. The molecule has 4 nitrogen and oxygen atoms in total. The number of hydrogen-bond donors (Lipinski definition) is 1. The molecule has 1 atom stereocenters. The number of aryl methyl sites for hydroxylation is 1. The molecule has 1 saturated heterocycles. The van der Waals surface area contributed by atoms with E-state index in [4.69, 9.17) is 4.74 Å². The van der Waals surface area contributed by atoms with Crippen LogP contribution in [0.2, 0.25) is 0 Å². The first kappa shape index (κ1) is 17.8. The highest BCUT2D eigenvalue weighted by atomic mass is 16.5. The zero-order chi connectivity index (χ0) is 18.6. The second kappa shape index (κ2) is 7.97. The van der Waals surface area contributed by atoms with Crippen molar-refractivity contribution in [1.29, 1.82) is 0 Å². The minimum atomic E-state index is 0.352. The third-order valence-electron chi connectivity index (χ3n) is 5.41.